The van der Waals surface area contributed by atoms with E-state index in [9.17, 15) is 22.0 Å². The molecule has 0 bridgehead atoms. The number of aryl methyl sites for hydroxylation is 1. The zero-order chi connectivity index (χ0) is 23.5. The molecule has 0 unspecified atom stereocenters. The first-order valence-electron chi connectivity index (χ1n) is 10.4. The zero-order valence-corrected chi connectivity index (χ0v) is 19.1. The number of aromatic nitrogens is 1. The molecule has 9 heteroatoms. The minimum atomic E-state index is -3.33. The average molecular weight is 464 g/mol. The fraction of sp³-hybridized carbons (Fsp3) is 0.391. The van der Waals surface area contributed by atoms with Gasteiger partial charge in [0.25, 0.3) is 5.91 Å². The third kappa shape index (κ3) is 5.91. The number of carbonyl (C=O) groups excluding carboxylic acids is 1. The second-order valence-electron chi connectivity index (χ2n) is 8.15. The Bertz CT molecular complexity index is 1140. The number of nitrogens with zero attached hydrogens (tertiary/aromatic N) is 2. The molecule has 32 heavy (non-hydrogen) atoms. The molecule has 0 saturated carbocycles. The van der Waals surface area contributed by atoms with Crippen molar-refractivity contribution < 1.29 is 22.0 Å². The van der Waals surface area contributed by atoms with Gasteiger partial charge in [-0.15, -0.1) is 0 Å². The highest BCUT2D eigenvalue weighted by Crippen LogP contribution is 2.36. The molecule has 3 rings (SSSR count). The number of hydrogen-bond donors (Lipinski definition) is 1. The van der Waals surface area contributed by atoms with E-state index >= 15 is 0 Å². The van der Waals surface area contributed by atoms with Crippen molar-refractivity contribution in [2.24, 2.45) is 0 Å². The molecular weight excluding hydrogens is 436 g/mol. The van der Waals surface area contributed by atoms with E-state index < -0.39 is 27.6 Å². The van der Waals surface area contributed by atoms with Crippen LogP contribution in [0.4, 0.5) is 14.5 Å². The molecule has 1 aliphatic heterocycles. The molecule has 1 aromatic heterocycles. The maximum absolute atomic E-state index is 14.8. The van der Waals surface area contributed by atoms with Crippen molar-refractivity contribution in [1.82, 2.24) is 10.3 Å². The summed E-state index contributed by atoms with van der Waals surface area (Å²) in [4.78, 5) is 18.5. The summed E-state index contributed by atoms with van der Waals surface area (Å²) in [5, 5.41) is 3.50. The molecule has 1 fully saturated rings. The molecule has 0 radical (unpaired) electrons. The molecular formula is C23H27F2N3O3S. The van der Waals surface area contributed by atoms with Gasteiger partial charge in [0.05, 0.1) is 17.9 Å². The molecule has 1 N–H and O–H groups in total. The summed E-state index contributed by atoms with van der Waals surface area (Å²) < 4.78 is 50.8. The standard InChI is InChI=1S/C23H27F2N3O3S/c1-15-12-17(24)7-8-19(15)21-6-4-5-10-28(21)18-13-20(25)22(26-14-18)23(29)27-16(2)9-11-32(3,30)31/h7-9,11-14,16,21H,4-6,10H2,1-3H3,(H,27,29)/b11-9+/t16-,21+/m1/s1. The summed E-state index contributed by atoms with van der Waals surface area (Å²) in [6.45, 7) is 4.13. The summed E-state index contributed by atoms with van der Waals surface area (Å²) in [5.74, 6) is -1.79. The van der Waals surface area contributed by atoms with Gasteiger partial charge in [0.2, 0.25) is 0 Å². The van der Waals surface area contributed by atoms with Crippen molar-refractivity contribution in [3.8, 4) is 0 Å². The molecule has 172 valence electrons. The first kappa shape index (κ1) is 23.8. The summed E-state index contributed by atoms with van der Waals surface area (Å²) in [7, 11) is -3.33. The van der Waals surface area contributed by atoms with E-state index in [-0.39, 0.29) is 17.6 Å². The van der Waals surface area contributed by atoms with E-state index in [4.69, 9.17) is 0 Å². The molecule has 1 aliphatic rings. The third-order valence-electron chi connectivity index (χ3n) is 5.44. The summed E-state index contributed by atoms with van der Waals surface area (Å²) >= 11 is 0. The van der Waals surface area contributed by atoms with Crippen LogP contribution >= 0.6 is 0 Å². The summed E-state index contributed by atoms with van der Waals surface area (Å²) in [6.07, 6.45) is 6.60. The topological polar surface area (TPSA) is 79.4 Å². The van der Waals surface area contributed by atoms with Gasteiger partial charge in [-0.1, -0.05) is 12.1 Å². The lowest BCUT2D eigenvalue weighted by molar-refractivity contribution is 0.0937. The van der Waals surface area contributed by atoms with Crippen LogP contribution in [0.3, 0.4) is 0 Å². The molecule has 0 spiro atoms. The number of piperidine rings is 1. The normalized spacial score (nSPS) is 18.0. The number of benzene rings is 1. The van der Waals surface area contributed by atoms with Gasteiger partial charge in [0.1, 0.15) is 5.82 Å². The van der Waals surface area contributed by atoms with Crippen LogP contribution in [-0.2, 0) is 9.84 Å². The van der Waals surface area contributed by atoms with Gasteiger partial charge in [0, 0.05) is 30.3 Å². The SMILES string of the molecule is Cc1cc(F)ccc1[C@@H]1CCCCN1c1cnc(C(=O)N[C@H](C)/C=C/S(C)(=O)=O)c(F)c1. The van der Waals surface area contributed by atoms with Crippen molar-refractivity contribution in [3.63, 3.8) is 0 Å². The first-order chi connectivity index (χ1) is 15.0. The van der Waals surface area contributed by atoms with Crippen molar-refractivity contribution in [3.05, 3.63) is 70.4 Å². The number of carbonyl (C=O) groups is 1. The Morgan fingerprint density at radius 1 is 1.28 bits per heavy atom. The van der Waals surface area contributed by atoms with Gasteiger partial charge in [-0.2, -0.15) is 0 Å². The van der Waals surface area contributed by atoms with Crippen LogP contribution in [0.1, 0.15) is 53.8 Å². The van der Waals surface area contributed by atoms with Gasteiger partial charge in [-0.05, 0) is 56.4 Å². The number of pyridine rings is 1. The third-order valence-corrected chi connectivity index (χ3v) is 6.09. The lowest BCUT2D eigenvalue weighted by Crippen LogP contribution is -2.35. The summed E-state index contributed by atoms with van der Waals surface area (Å²) in [6, 6.07) is 5.33. The predicted molar refractivity (Wildman–Crippen MR) is 120 cm³/mol. The van der Waals surface area contributed by atoms with Crippen molar-refractivity contribution in [1.29, 1.82) is 0 Å². The van der Waals surface area contributed by atoms with Crippen molar-refractivity contribution in [2.45, 2.75) is 45.2 Å². The Morgan fingerprint density at radius 2 is 2.03 bits per heavy atom. The second kappa shape index (κ2) is 9.77. The molecule has 2 heterocycles. The first-order valence-corrected chi connectivity index (χ1v) is 12.4. The zero-order valence-electron chi connectivity index (χ0n) is 18.3. The molecule has 2 aromatic rings. The van der Waals surface area contributed by atoms with Crippen LogP contribution in [0.15, 0.2) is 41.9 Å². The van der Waals surface area contributed by atoms with E-state index in [1.54, 1.807) is 13.0 Å². The number of sulfone groups is 1. The molecule has 2 atom stereocenters. The van der Waals surface area contributed by atoms with Crippen LogP contribution in [0.25, 0.3) is 0 Å². The van der Waals surface area contributed by atoms with E-state index in [0.29, 0.717) is 12.2 Å². The van der Waals surface area contributed by atoms with E-state index in [2.05, 4.69) is 10.3 Å². The number of halogens is 2. The van der Waals surface area contributed by atoms with Gasteiger partial charge in [0.15, 0.2) is 21.3 Å². The van der Waals surface area contributed by atoms with Crippen LogP contribution < -0.4 is 10.2 Å². The molecule has 1 saturated heterocycles. The maximum atomic E-state index is 14.8. The monoisotopic (exact) mass is 463 g/mol. The van der Waals surface area contributed by atoms with Gasteiger partial charge < -0.3 is 10.2 Å². The smallest absolute Gasteiger partial charge is 0.273 e. The van der Waals surface area contributed by atoms with Gasteiger partial charge >= 0.3 is 0 Å². The van der Waals surface area contributed by atoms with Gasteiger partial charge in [-0.3, -0.25) is 4.79 Å². The van der Waals surface area contributed by atoms with Crippen LogP contribution in [-0.4, -0.2) is 38.2 Å². The Balaban J connectivity index is 1.81. The van der Waals surface area contributed by atoms with Crippen LogP contribution in [0, 0.1) is 18.6 Å². The van der Waals surface area contributed by atoms with E-state index in [0.717, 1.165) is 42.1 Å². The lowest BCUT2D eigenvalue weighted by Gasteiger charge is -2.38. The average Bonchev–Trinajstić information content (AvgIpc) is 2.72. The Labute approximate surface area is 187 Å². The quantitative estimate of drug-likeness (QED) is 0.699. The minimum Gasteiger partial charge on any atom is -0.363 e. The van der Waals surface area contributed by atoms with E-state index in [1.165, 1.54) is 30.5 Å². The largest absolute Gasteiger partial charge is 0.363 e. The maximum Gasteiger partial charge on any atom is 0.273 e. The molecule has 1 aromatic carbocycles. The number of rotatable bonds is 6. The predicted octanol–water partition coefficient (Wildman–Crippen LogP) is 4.08. The number of hydrogen-bond acceptors (Lipinski definition) is 5. The Morgan fingerprint density at radius 3 is 2.69 bits per heavy atom. The molecule has 1 amide bonds. The molecule has 0 aliphatic carbocycles. The number of anilines is 1. The second-order valence-corrected chi connectivity index (χ2v) is 10.1. The number of amides is 1. The van der Waals surface area contributed by atoms with Crippen molar-refractivity contribution >= 4 is 21.4 Å². The fourth-order valence-electron chi connectivity index (χ4n) is 3.91. The van der Waals surface area contributed by atoms with Crippen LogP contribution in [0.5, 0.6) is 0 Å². The minimum absolute atomic E-state index is 0.0358. The Hall–Kier alpha value is -2.81. The van der Waals surface area contributed by atoms with Crippen molar-refractivity contribution in [2.75, 3.05) is 17.7 Å². The van der Waals surface area contributed by atoms with Crippen LogP contribution in [0.2, 0.25) is 0 Å². The summed E-state index contributed by atoms with van der Waals surface area (Å²) in [5.41, 5.74) is 2.01. The highest BCUT2D eigenvalue weighted by Gasteiger charge is 2.27. The lowest BCUT2D eigenvalue weighted by atomic mass is 9.92. The Kier molecular flexibility index (Phi) is 7.28. The highest BCUT2D eigenvalue weighted by molar-refractivity contribution is 7.93. The molecule has 6 nitrogen and oxygen atoms in total. The number of nitrogens with one attached hydrogen (secondary N) is 1. The fourth-order valence-corrected chi connectivity index (χ4v) is 4.43. The highest BCUT2D eigenvalue weighted by atomic mass is 32.2. The van der Waals surface area contributed by atoms with E-state index in [1.807, 2.05) is 11.8 Å². The van der Waals surface area contributed by atoms with Gasteiger partial charge in [-0.25, -0.2) is 22.2 Å².